The zero-order valence-corrected chi connectivity index (χ0v) is 17.3. The monoisotopic (exact) mass is 405 g/mol. The van der Waals surface area contributed by atoms with Gasteiger partial charge >= 0.3 is 11.9 Å². The maximum Gasteiger partial charge on any atom is 0.338 e. The van der Waals surface area contributed by atoms with E-state index < -0.39 is 17.9 Å². The number of nitrogens with one attached hydrogen (secondary N) is 1. The minimum atomic E-state index is -0.782. The molecule has 0 saturated carbocycles. The molecule has 2 rings (SSSR count). The molecule has 1 atom stereocenters. The fraction of sp³-hybridized carbons (Fsp3) is 0.350. The van der Waals surface area contributed by atoms with E-state index in [1.807, 2.05) is 14.1 Å². The van der Waals surface area contributed by atoms with Gasteiger partial charge in [0.05, 0.1) is 37.1 Å². The molecular formula is C20H24ClN3O4. The number of carbonyl (C=O) groups is 2. The molecule has 0 spiro atoms. The molecule has 1 N–H and O–H groups in total. The average Bonchev–Trinajstić information content (AvgIpc) is 2.65. The van der Waals surface area contributed by atoms with Crippen molar-refractivity contribution in [2.24, 2.45) is 4.99 Å². The van der Waals surface area contributed by atoms with Crippen molar-refractivity contribution < 1.29 is 19.1 Å². The first kappa shape index (κ1) is 21.5. The molecule has 0 aliphatic carbocycles. The second-order valence-electron chi connectivity index (χ2n) is 6.30. The molecule has 150 valence electrons. The van der Waals surface area contributed by atoms with Crippen LogP contribution in [0.3, 0.4) is 0 Å². The van der Waals surface area contributed by atoms with Gasteiger partial charge in [-0.05, 0) is 25.5 Å². The van der Waals surface area contributed by atoms with Crippen molar-refractivity contribution in [2.45, 2.75) is 19.8 Å². The number of hydrogen-bond donors (Lipinski definition) is 1. The van der Waals surface area contributed by atoms with Crippen LogP contribution in [0.15, 0.2) is 51.9 Å². The highest BCUT2D eigenvalue weighted by Gasteiger charge is 2.39. The average molecular weight is 406 g/mol. The molecule has 0 radical (unpaired) electrons. The van der Waals surface area contributed by atoms with Crippen LogP contribution in [0.1, 0.15) is 25.3 Å². The Morgan fingerprint density at radius 1 is 1.25 bits per heavy atom. The van der Waals surface area contributed by atoms with E-state index in [9.17, 15) is 9.59 Å². The highest BCUT2D eigenvalue weighted by atomic mass is 35.5. The lowest BCUT2D eigenvalue weighted by molar-refractivity contribution is -0.139. The highest BCUT2D eigenvalue weighted by molar-refractivity contribution is 6.31. The molecule has 0 saturated heterocycles. The Morgan fingerprint density at radius 3 is 2.50 bits per heavy atom. The number of esters is 2. The van der Waals surface area contributed by atoms with Crippen LogP contribution in [0.4, 0.5) is 0 Å². The largest absolute Gasteiger partial charge is 0.466 e. The summed E-state index contributed by atoms with van der Waals surface area (Å²) < 4.78 is 10.2. The normalized spacial score (nSPS) is 16.9. The summed E-state index contributed by atoms with van der Waals surface area (Å²) in [5, 5.41) is 3.45. The Labute approximate surface area is 169 Å². The minimum Gasteiger partial charge on any atom is -0.466 e. The number of aliphatic imine (C=N–C) groups is 1. The van der Waals surface area contributed by atoms with Gasteiger partial charge in [0.2, 0.25) is 0 Å². The third kappa shape index (κ3) is 4.54. The number of ether oxygens (including phenoxy) is 2. The van der Waals surface area contributed by atoms with Crippen molar-refractivity contribution in [1.29, 1.82) is 0 Å². The van der Waals surface area contributed by atoms with Gasteiger partial charge in [0.15, 0.2) is 0 Å². The SMILES string of the molecule is CCOC(=O)C1=C(N=CN(C)C)NC(C)=C(C(=O)OC)C1c1ccccc1Cl. The maximum atomic E-state index is 12.9. The Morgan fingerprint density at radius 2 is 1.93 bits per heavy atom. The number of nitrogens with zero attached hydrogens (tertiary/aromatic N) is 2. The van der Waals surface area contributed by atoms with Crippen LogP contribution in [0.5, 0.6) is 0 Å². The Kier molecular flexibility index (Phi) is 7.23. The third-order valence-electron chi connectivity index (χ3n) is 4.08. The minimum absolute atomic E-state index is 0.179. The first-order valence-corrected chi connectivity index (χ1v) is 9.12. The van der Waals surface area contributed by atoms with E-state index in [2.05, 4.69) is 10.3 Å². The summed E-state index contributed by atoms with van der Waals surface area (Å²) in [4.78, 5) is 31.6. The molecule has 0 fully saturated rings. The molecule has 1 heterocycles. The quantitative estimate of drug-likeness (QED) is 0.445. The van der Waals surface area contributed by atoms with E-state index in [-0.39, 0.29) is 17.8 Å². The van der Waals surface area contributed by atoms with E-state index in [4.69, 9.17) is 21.1 Å². The Bertz CT molecular complexity index is 859. The predicted molar refractivity (Wildman–Crippen MR) is 108 cm³/mol. The van der Waals surface area contributed by atoms with Gasteiger partial charge in [-0.1, -0.05) is 29.8 Å². The fourth-order valence-electron chi connectivity index (χ4n) is 2.91. The molecular weight excluding hydrogens is 382 g/mol. The van der Waals surface area contributed by atoms with Gasteiger partial charge in [-0.3, -0.25) is 0 Å². The molecule has 1 aromatic carbocycles. The predicted octanol–water partition coefficient (Wildman–Crippen LogP) is 2.84. The summed E-state index contributed by atoms with van der Waals surface area (Å²) in [5.41, 5.74) is 1.59. The molecule has 1 aromatic rings. The Balaban J connectivity index is 2.78. The number of benzene rings is 1. The molecule has 0 bridgehead atoms. The van der Waals surface area contributed by atoms with E-state index in [1.165, 1.54) is 7.11 Å². The standard InChI is InChI=1S/C20H24ClN3O4/c1-6-28-20(26)17-16(13-9-7-8-10-14(13)21)15(19(25)27-5)12(2)23-18(17)22-11-24(3)4/h7-11,16,23H,6H2,1-5H3. The van der Waals surface area contributed by atoms with Crippen LogP contribution in [0, 0.1) is 0 Å². The summed E-state index contributed by atoms with van der Waals surface area (Å²) in [6.07, 6.45) is 1.56. The highest BCUT2D eigenvalue weighted by Crippen LogP contribution is 2.41. The van der Waals surface area contributed by atoms with Crippen LogP contribution in [0.2, 0.25) is 5.02 Å². The van der Waals surface area contributed by atoms with Crippen molar-refractivity contribution in [2.75, 3.05) is 27.8 Å². The molecule has 0 aromatic heterocycles. The van der Waals surface area contributed by atoms with Gasteiger partial charge in [-0.15, -0.1) is 0 Å². The molecule has 8 heteroatoms. The summed E-state index contributed by atoms with van der Waals surface area (Å²) in [5.74, 6) is -1.63. The van der Waals surface area contributed by atoms with E-state index in [0.29, 0.717) is 22.1 Å². The van der Waals surface area contributed by atoms with Gasteiger partial charge in [-0.2, -0.15) is 0 Å². The number of hydrogen-bond acceptors (Lipinski definition) is 6. The number of carbonyl (C=O) groups excluding carboxylic acids is 2. The zero-order chi connectivity index (χ0) is 20.8. The molecule has 1 unspecified atom stereocenters. The van der Waals surface area contributed by atoms with Gasteiger partial charge < -0.3 is 19.7 Å². The van der Waals surface area contributed by atoms with Crippen LogP contribution in [-0.4, -0.2) is 51.0 Å². The van der Waals surface area contributed by atoms with Crippen molar-refractivity contribution in [3.8, 4) is 0 Å². The molecule has 28 heavy (non-hydrogen) atoms. The van der Waals surface area contributed by atoms with Gasteiger partial charge in [-0.25, -0.2) is 14.6 Å². The lowest BCUT2D eigenvalue weighted by atomic mass is 9.81. The van der Waals surface area contributed by atoms with Crippen molar-refractivity contribution in [3.63, 3.8) is 0 Å². The second kappa shape index (κ2) is 9.41. The van der Waals surface area contributed by atoms with Crippen LogP contribution in [0.25, 0.3) is 0 Å². The molecule has 1 aliphatic heterocycles. The summed E-state index contributed by atoms with van der Waals surface area (Å²) >= 11 is 6.42. The molecule has 7 nitrogen and oxygen atoms in total. The van der Waals surface area contributed by atoms with Crippen molar-refractivity contribution in [1.82, 2.24) is 10.2 Å². The Hall–Kier alpha value is -2.80. The first-order valence-electron chi connectivity index (χ1n) is 8.74. The van der Waals surface area contributed by atoms with Gasteiger partial charge in [0.1, 0.15) is 5.82 Å². The third-order valence-corrected chi connectivity index (χ3v) is 4.42. The van der Waals surface area contributed by atoms with E-state index >= 15 is 0 Å². The van der Waals surface area contributed by atoms with Gasteiger partial charge in [0.25, 0.3) is 0 Å². The number of dihydropyridines is 1. The first-order chi connectivity index (χ1) is 13.3. The molecule has 1 aliphatic rings. The van der Waals surface area contributed by atoms with Gasteiger partial charge in [0, 0.05) is 24.8 Å². The summed E-state index contributed by atoms with van der Waals surface area (Å²) in [6, 6.07) is 7.04. The van der Waals surface area contributed by atoms with E-state index in [1.54, 1.807) is 49.4 Å². The smallest absolute Gasteiger partial charge is 0.338 e. The summed E-state index contributed by atoms with van der Waals surface area (Å²) in [6.45, 7) is 3.62. The van der Waals surface area contributed by atoms with Crippen molar-refractivity contribution >= 4 is 29.9 Å². The number of halogens is 1. The lowest BCUT2D eigenvalue weighted by Crippen LogP contribution is -2.33. The second-order valence-corrected chi connectivity index (χ2v) is 6.71. The maximum absolute atomic E-state index is 12.9. The van der Waals surface area contributed by atoms with E-state index in [0.717, 1.165) is 0 Å². The summed E-state index contributed by atoms with van der Waals surface area (Å²) in [7, 11) is 4.91. The number of rotatable bonds is 6. The zero-order valence-electron chi connectivity index (χ0n) is 16.6. The number of methoxy groups -OCH3 is 1. The van der Waals surface area contributed by atoms with Crippen LogP contribution in [-0.2, 0) is 19.1 Å². The molecule has 0 amide bonds. The fourth-order valence-corrected chi connectivity index (χ4v) is 3.15. The van der Waals surface area contributed by atoms with Crippen LogP contribution >= 0.6 is 11.6 Å². The van der Waals surface area contributed by atoms with Crippen LogP contribution < -0.4 is 5.32 Å². The van der Waals surface area contributed by atoms with Crippen molar-refractivity contribution in [3.05, 3.63) is 57.5 Å². The topological polar surface area (TPSA) is 80.2 Å². The number of allylic oxidation sites excluding steroid dienone is 1. The lowest BCUT2D eigenvalue weighted by Gasteiger charge is -2.30.